The van der Waals surface area contributed by atoms with E-state index in [9.17, 15) is 5.11 Å². The van der Waals surface area contributed by atoms with Crippen LogP contribution in [0.5, 0.6) is 0 Å². The van der Waals surface area contributed by atoms with E-state index in [1.807, 2.05) is 12.4 Å². The fraction of sp³-hybridized carbons (Fsp3) is 0.636. The predicted octanol–water partition coefficient (Wildman–Crippen LogP) is 1.45. The number of halogens is 1. The lowest BCUT2D eigenvalue weighted by Crippen LogP contribution is -2.37. The van der Waals surface area contributed by atoms with Crippen LogP contribution in [-0.2, 0) is 4.74 Å². The minimum absolute atomic E-state index is 0.137. The first kappa shape index (κ1) is 15.1. The van der Waals surface area contributed by atoms with E-state index < -0.39 is 6.10 Å². The quantitative estimate of drug-likeness (QED) is 0.797. The van der Waals surface area contributed by atoms with Crippen molar-refractivity contribution < 1.29 is 9.84 Å². The smallest absolute Gasteiger partial charge is 0.0900 e. The molecule has 98 valence electrons. The van der Waals surface area contributed by atoms with E-state index in [0.717, 1.165) is 4.47 Å². The van der Waals surface area contributed by atoms with Crippen molar-refractivity contribution in [2.75, 3.05) is 33.9 Å². The number of hydrogen-bond donors (Lipinski definition) is 2. The van der Waals surface area contributed by atoms with Gasteiger partial charge in [0.05, 0.1) is 18.8 Å². The van der Waals surface area contributed by atoms with Gasteiger partial charge in [0.2, 0.25) is 0 Å². The van der Waals surface area contributed by atoms with Crippen LogP contribution in [0.3, 0.4) is 0 Å². The van der Waals surface area contributed by atoms with Crippen LogP contribution in [0, 0.1) is 0 Å². The first-order valence-electron chi connectivity index (χ1n) is 5.39. The van der Waals surface area contributed by atoms with Crippen LogP contribution in [0.4, 0.5) is 0 Å². The largest absolute Gasteiger partial charge is 0.389 e. The van der Waals surface area contributed by atoms with E-state index in [1.165, 1.54) is 4.88 Å². The Bertz CT molecular complexity index is 335. The van der Waals surface area contributed by atoms with Gasteiger partial charge in [0.15, 0.2) is 0 Å². The molecule has 1 aromatic heterocycles. The molecule has 1 heterocycles. The molecule has 1 aromatic rings. The third-order valence-corrected chi connectivity index (χ3v) is 4.32. The van der Waals surface area contributed by atoms with Crippen molar-refractivity contribution in [1.82, 2.24) is 4.90 Å². The number of likely N-dealkylation sites (N-methyl/N-ethyl adjacent to an activating group) is 1. The van der Waals surface area contributed by atoms with E-state index in [1.54, 1.807) is 18.4 Å². The maximum absolute atomic E-state index is 9.70. The minimum Gasteiger partial charge on any atom is -0.389 e. The van der Waals surface area contributed by atoms with E-state index in [2.05, 4.69) is 26.9 Å². The number of nitrogens with zero attached hydrogens (tertiary/aromatic N) is 1. The van der Waals surface area contributed by atoms with Gasteiger partial charge in [-0.2, -0.15) is 0 Å². The summed E-state index contributed by atoms with van der Waals surface area (Å²) in [5.74, 6) is 0. The Labute approximate surface area is 115 Å². The lowest BCUT2D eigenvalue weighted by molar-refractivity contribution is 0.0351. The zero-order valence-electron chi connectivity index (χ0n) is 10.1. The summed E-state index contributed by atoms with van der Waals surface area (Å²) in [7, 11) is 3.55. The molecule has 0 bridgehead atoms. The molecule has 0 saturated carbocycles. The number of hydrogen-bond acceptors (Lipinski definition) is 5. The van der Waals surface area contributed by atoms with Crippen molar-refractivity contribution in [3.63, 3.8) is 0 Å². The van der Waals surface area contributed by atoms with Gasteiger partial charge in [0.1, 0.15) is 0 Å². The Morgan fingerprint density at radius 2 is 2.35 bits per heavy atom. The van der Waals surface area contributed by atoms with Gasteiger partial charge in [-0.25, -0.2) is 0 Å². The van der Waals surface area contributed by atoms with Crippen LogP contribution in [0.15, 0.2) is 15.9 Å². The fourth-order valence-electron chi connectivity index (χ4n) is 1.72. The third kappa shape index (κ3) is 4.65. The summed E-state index contributed by atoms with van der Waals surface area (Å²) in [4.78, 5) is 3.26. The van der Waals surface area contributed by atoms with Crippen LogP contribution in [-0.4, -0.2) is 50.0 Å². The van der Waals surface area contributed by atoms with Gasteiger partial charge in [0, 0.05) is 34.9 Å². The van der Waals surface area contributed by atoms with E-state index in [-0.39, 0.29) is 6.04 Å². The van der Waals surface area contributed by atoms with Gasteiger partial charge in [-0.3, -0.25) is 4.90 Å². The van der Waals surface area contributed by atoms with E-state index >= 15 is 0 Å². The summed E-state index contributed by atoms with van der Waals surface area (Å²) in [6.07, 6.45) is -0.484. The second kappa shape index (κ2) is 7.45. The summed E-state index contributed by atoms with van der Waals surface area (Å²) < 4.78 is 5.99. The molecule has 0 aliphatic rings. The molecule has 6 heteroatoms. The summed E-state index contributed by atoms with van der Waals surface area (Å²) in [6.45, 7) is 1.42. The molecule has 3 N–H and O–H groups in total. The Balaban J connectivity index is 2.61. The minimum atomic E-state index is -0.484. The van der Waals surface area contributed by atoms with Gasteiger partial charge >= 0.3 is 0 Å². The SMILES string of the molecule is COCC(O)CN(C)C(CN)c1cc(Br)cs1. The Hall–Kier alpha value is 0.0200. The molecule has 2 unspecified atom stereocenters. The fourth-order valence-corrected chi connectivity index (χ4v) is 3.34. The second-order valence-electron chi connectivity index (χ2n) is 3.97. The predicted molar refractivity (Wildman–Crippen MR) is 74.3 cm³/mol. The van der Waals surface area contributed by atoms with Crippen molar-refractivity contribution in [1.29, 1.82) is 0 Å². The first-order valence-corrected chi connectivity index (χ1v) is 7.07. The molecule has 0 saturated heterocycles. The van der Waals surface area contributed by atoms with Crippen LogP contribution < -0.4 is 5.73 Å². The Kier molecular flexibility index (Phi) is 6.61. The maximum Gasteiger partial charge on any atom is 0.0900 e. The zero-order chi connectivity index (χ0) is 12.8. The number of aliphatic hydroxyl groups excluding tert-OH is 1. The van der Waals surface area contributed by atoms with Gasteiger partial charge in [0.25, 0.3) is 0 Å². The molecule has 1 rings (SSSR count). The zero-order valence-corrected chi connectivity index (χ0v) is 12.5. The molecule has 4 nitrogen and oxygen atoms in total. The number of methoxy groups -OCH3 is 1. The lowest BCUT2D eigenvalue weighted by Gasteiger charge is -2.27. The number of aliphatic hydroxyl groups is 1. The molecular formula is C11H19BrN2O2S. The average molecular weight is 323 g/mol. The molecule has 0 aromatic carbocycles. The molecule has 0 spiro atoms. The highest BCUT2D eigenvalue weighted by atomic mass is 79.9. The normalized spacial score (nSPS) is 15.2. The molecule has 0 radical (unpaired) electrons. The van der Waals surface area contributed by atoms with E-state index in [0.29, 0.717) is 19.7 Å². The van der Waals surface area contributed by atoms with Crippen LogP contribution >= 0.6 is 27.3 Å². The van der Waals surface area contributed by atoms with Gasteiger partial charge in [-0.15, -0.1) is 11.3 Å². The van der Waals surface area contributed by atoms with Gasteiger partial charge in [-0.1, -0.05) is 0 Å². The number of nitrogens with two attached hydrogens (primary N) is 1. The highest BCUT2D eigenvalue weighted by molar-refractivity contribution is 9.10. The standard InChI is InChI=1S/C11H19BrN2O2S/c1-14(5-9(15)6-16-2)10(4-13)11-3-8(12)7-17-11/h3,7,9-10,15H,4-6,13H2,1-2H3. The monoisotopic (exact) mass is 322 g/mol. The second-order valence-corrected chi connectivity index (χ2v) is 5.83. The third-order valence-electron chi connectivity index (χ3n) is 2.53. The van der Waals surface area contributed by atoms with Crippen molar-refractivity contribution in [2.24, 2.45) is 5.73 Å². The summed E-state index contributed by atoms with van der Waals surface area (Å²) in [5, 5.41) is 11.7. The molecule has 0 fully saturated rings. The van der Waals surface area contributed by atoms with Crippen LogP contribution in [0.1, 0.15) is 10.9 Å². The van der Waals surface area contributed by atoms with E-state index in [4.69, 9.17) is 10.5 Å². The molecule has 0 aliphatic heterocycles. The summed E-state index contributed by atoms with van der Waals surface area (Å²) in [5.41, 5.74) is 5.80. The molecular weight excluding hydrogens is 304 g/mol. The summed E-state index contributed by atoms with van der Waals surface area (Å²) in [6, 6.07) is 2.21. The Morgan fingerprint density at radius 3 is 2.82 bits per heavy atom. The van der Waals surface area contributed by atoms with Crippen molar-refractivity contribution >= 4 is 27.3 Å². The van der Waals surface area contributed by atoms with Crippen molar-refractivity contribution in [3.8, 4) is 0 Å². The average Bonchev–Trinajstić information content (AvgIpc) is 2.66. The van der Waals surface area contributed by atoms with Crippen LogP contribution in [0.2, 0.25) is 0 Å². The number of rotatable bonds is 7. The number of ether oxygens (including phenoxy) is 1. The maximum atomic E-state index is 9.70. The van der Waals surface area contributed by atoms with Gasteiger partial charge < -0.3 is 15.6 Å². The molecule has 0 amide bonds. The molecule has 17 heavy (non-hydrogen) atoms. The molecule has 0 aliphatic carbocycles. The lowest BCUT2D eigenvalue weighted by atomic mass is 10.2. The molecule has 2 atom stereocenters. The Morgan fingerprint density at radius 1 is 1.65 bits per heavy atom. The topological polar surface area (TPSA) is 58.7 Å². The van der Waals surface area contributed by atoms with Crippen LogP contribution in [0.25, 0.3) is 0 Å². The highest BCUT2D eigenvalue weighted by Crippen LogP contribution is 2.28. The highest BCUT2D eigenvalue weighted by Gasteiger charge is 2.19. The number of thiophene rings is 1. The van der Waals surface area contributed by atoms with Crippen molar-refractivity contribution in [2.45, 2.75) is 12.1 Å². The van der Waals surface area contributed by atoms with Gasteiger partial charge in [-0.05, 0) is 29.0 Å². The summed E-state index contributed by atoms with van der Waals surface area (Å²) >= 11 is 5.11. The van der Waals surface area contributed by atoms with Crippen molar-refractivity contribution in [3.05, 3.63) is 20.8 Å². The first-order chi connectivity index (χ1) is 8.08.